The van der Waals surface area contributed by atoms with Gasteiger partial charge in [0.1, 0.15) is 11.9 Å². The Kier molecular flexibility index (Phi) is 4.79. The number of methoxy groups -OCH3 is 1. The summed E-state index contributed by atoms with van der Waals surface area (Å²) in [5.41, 5.74) is 0.998. The van der Waals surface area contributed by atoms with Crippen LogP contribution in [0.25, 0.3) is 0 Å². The van der Waals surface area contributed by atoms with E-state index in [1.807, 2.05) is 0 Å². The normalized spacial score (nSPS) is 18.5. The first kappa shape index (κ1) is 16.4. The summed E-state index contributed by atoms with van der Waals surface area (Å²) in [5, 5.41) is 6.80. The van der Waals surface area contributed by atoms with Crippen molar-refractivity contribution in [2.45, 2.75) is 11.7 Å². The minimum absolute atomic E-state index is 0.00708. The molecule has 9 heteroatoms. The zero-order chi connectivity index (χ0) is 16.3. The second-order valence-corrected chi connectivity index (χ2v) is 6.80. The Bertz CT molecular complexity index is 689. The van der Waals surface area contributed by atoms with Gasteiger partial charge in [0, 0.05) is 31.5 Å². The Labute approximate surface area is 128 Å². The van der Waals surface area contributed by atoms with Gasteiger partial charge >= 0.3 is 0 Å². The summed E-state index contributed by atoms with van der Waals surface area (Å²) in [6, 6.07) is 6.58. The third kappa shape index (κ3) is 3.81. The van der Waals surface area contributed by atoms with E-state index in [9.17, 15) is 18.0 Å². The van der Waals surface area contributed by atoms with E-state index in [2.05, 4.69) is 5.32 Å². The Morgan fingerprint density at radius 1 is 1.50 bits per heavy atom. The fraction of sp³-hybridized carbons (Fsp3) is 0.385. The first-order chi connectivity index (χ1) is 10.3. The number of primary sulfonamides is 1. The van der Waals surface area contributed by atoms with E-state index in [0.29, 0.717) is 11.4 Å². The molecule has 120 valence electrons. The lowest BCUT2D eigenvalue weighted by Gasteiger charge is -2.17. The van der Waals surface area contributed by atoms with Gasteiger partial charge in [-0.2, -0.15) is 0 Å². The summed E-state index contributed by atoms with van der Waals surface area (Å²) in [4.78, 5) is 24.8. The number of benzene rings is 1. The lowest BCUT2D eigenvalue weighted by atomic mass is 10.2. The standard InChI is InChI=1S/C13H17N3O5S/c1-21-8-12(17)15-9-3-2-4-10(5-9)16-7-11(6-13(16)18)22(14,19)20/h2-5,11H,6-8H2,1H3,(H,15,17)(H2,14,19,20). The first-order valence-electron chi connectivity index (χ1n) is 6.52. The number of rotatable bonds is 5. The predicted molar refractivity (Wildman–Crippen MR) is 80.8 cm³/mol. The molecular formula is C13H17N3O5S. The average molecular weight is 327 g/mol. The van der Waals surface area contributed by atoms with Crippen molar-refractivity contribution in [2.24, 2.45) is 5.14 Å². The molecule has 0 bridgehead atoms. The SMILES string of the molecule is COCC(=O)Nc1cccc(N2CC(S(N)(=O)=O)CC2=O)c1. The molecule has 22 heavy (non-hydrogen) atoms. The van der Waals surface area contributed by atoms with Crippen molar-refractivity contribution in [3.63, 3.8) is 0 Å². The van der Waals surface area contributed by atoms with Crippen LogP contribution in [0.4, 0.5) is 11.4 Å². The molecule has 1 aliphatic heterocycles. The fourth-order valence-corrected chi connectivity index (χ4v) is 2.96. The molecule has 2 amide bonds. The van der Waals surface area contributed by atoms with Crippen LogP contribution in [-0.2, 0) is 24.3 Å². The fourth-order valence-electron chi connectivity index (χ4n) is 2.22. The number of carbonyl (C=O) groups is 2. The highest BCUT2D eigenvalue weighted by Gasteiger charge is 2.37. The summed E-state index contributed by atoms with van der Waals surface area (Å²) < 4.78 is 27.5. The van der Waals surface area contributed by atoms with E-state index in [0.717, 1.165) is 0 Å². The molecule has 1 aromatic carbocycles. The van der Waals surface area contributed by atoms with E-state index in [1.54, 1.807) is 24.3 Å². The summed E-state index contributed by atoms with van der Waals surface area (Å²) in [5.74, 6) is -0.644. The van der Waals surface area contributed by atoms with Crippen LogP contribution in [0.1, 0.15) is 6.42 Å². The second kappa shape index (κ2) is 6.42. The average Bonchev–Trinajstić information content (AvgIpc) is 2.81. The van der Waals surface area contributed by atoms with Crippen LogP contribution in [0.5, 0.6) is 0 Å². The van der Waals surface area contributed by atoms with Crippen molar-refractivity contribution in [1.82, 2.24) is 0 Å². The van der Waals surface area contributed by atoms with Gasteiger partial charge in [-0.05, 0) is 18.2 Å². The lowest BCUT2D eigenvalue weighted by molar-refractivity contribution is -0.119. The number of carbonyl (C=O) groups excluding carboxylic acids is 2. The van der Waals surface area contributed by atoms with E-state index in [1.165, 1.54) is 12.0 Å². The molecule has 1 aromatic rings. The number of anilines is 2. The molecule has 2 rings (SSSR count). The predicted octanol–water partition coefficient (Wildman–Crippen LogP) is -0.335. The summed E-state index contributed by atoms with van der Waals surface area (Å²) in [7, 11) is -2.35. The maximum Gasteiger partial charge on any atom is 0.250 e. The number of nitrogens with one attached hydrogen (secondary N) is 1. The highest BCUT2D eigenvalue weighted by molar-refractivity contribution is 7.89. The van der Waals surface area contributed by atoms with E-state index in [4.69, 9.17) is 9.88 Å². The Hall–Kier alpha value is -1.97. The number of nitrogens with two attached hydrogens (primary N) is 1. The molecule has 0 radical (unpaired) electrons. The van der Waals surface area contributed by atoms with Crippen LogP contribution >= 0.6 is 0 Å². The highest BCUT2D eigenvalue weighted by atomic mass is 32.2. The number of hydrogen-bond donors (Lipinski definition) is 2. The molecule has 0 aromatic heterocycles. The molecule has 0 saturated carbocycles. The summed E-state index contributed by atoms with van der Waals surface area (Å²) in [6.45, 7) is -0.0759. The smallest absolute Gasteiger partial charge is 0.250 e. The molecule has 3 N–H and O–H groups in total. The van der Waals surface area contributed by atoms with Crippen molar-refractivity contribution in [3.8, 4) is 0 Å². The number of sulfonamides is 1. The summed E-state index contributed by atoms with van der Waals surface area (Å²) >= 11 is 0. The van der Waals surface area contributed by atoms with Crippen molar-refractivity contribution in [3.05, 3.63) is 24.3 Å². The zero-order valence-electron chi connectivity index (χ0n) is 12.0. The Balaban J connectivity index is 2.16. The molecule has 0 aliphatic carbocycles. The summed E-state index contributed by atoms with van der Waals surface area (Å²) in [6.07, 6.45) is -0.140. The lowest BCUT2D eigenvalue weighted by Crippen LogP contribution is -2.32. The minimum Gasteiger partial charge on any atom is -0.375 e. The van der Waals surface area contributed by atoms with E-state index < -0.39 is 15.3 Å². The van der Waals surface area contributed by atoms with Crippen molar-refractivity contribution >= 4 is 33.2 Å². The van der Waals surface area contributed by atoms with Crippen molar-refractivity contribution in [2.75, 3.05) is 30.5 Å². The topological polar surface area (TPSA) is 119 Å². The van der Waals surface area contributed by atoms with Gasteiger partial charge in [0.15, 0.2) is 0 Å². The molecular weight excluding hydrogens is 310 g/mol. The second-order valence-electron chi connectivity index (χ2n) is 4.95. The third-order valence-corrected chi connectivity index (χ3v) is 4.52. The van der Waals surface area contributed by atoms with Crippen LogP contribution in [0, 0.1) is 0 Å². The highest BCUT2D eigenvalue weighted by Crippen LogP contribution is 2.26. The molecule has 8 nitrogen and oxygen atoms in total. The number of nitrogens with zero attached hydrogens (tertiary/aromatic N) is 1. The van der Waals surface area contributed by atoms with Crippen LogP contribution in [0.3, 0.4) is 0 Å². The molecule has 1 atom stereocenters. The van der Waals surface area contributed by atoms with Crippen molar-refractivity contribution in [1.29, 1.82) is 0 Å². The van der Waals surface area contributed by atoms with Gasteiger partial charge in [-0.1, -0.05) is 6.07 Å². The third-order valence-electron chi connectivity index (χ3n) is 3.27. The largest absolute Gasteiger partial charge is 0.375 e. The molecule has 1 heterocycles. The van der Waals surface area contributed by atoms with Crippen LogP contribution < -0.4 is 15.4 Å². The molecule has 1 unspecified atom stereocenters. The molecule has 0 spiro atoms. The number of ether oxygens (including phenoxy) is 1. The van der Waals surface area contributed by atoms with Gasteiger partial charge in [-0.3, -0.25) is 9.59 Å². The quantitative estimate of drug-likeness (QED) is 0.767. The van der Waals surface area contributed by atoms with Crippen LogP contribution in [0.15, 0.2) is 24.3 Å². The van der Waals surface area contributed by atoms with Crippen LogP contribution in [0.2, 0.25) is 0 Å². The maximum atomic E-state index is 12.0. The number of amides is 2. The monoisotopic (exact) mass is 327 g/mol. The Morgan fingerprint density at radius 3 is 2.82 bits per heavy atom. The molecule has 1 saturated heterocycles. The Morgan fingerprint density at radius 2 is 2.23 bits per heavy atom. The van der Waals surface area contributed by atoms with Gasteiger partial charge in [0.05, 0.1) is 0 Å². The first-order valence-corrected chi connectivity index (χ1v) is 8.13. The van der Waals surface area contributed by atoms with Gasteiger partial charge in [-0.25, -0.2) is 13.6 Å². The maximum absolute atomic E-state index is 12.0. The number of hydrogen-bond acceptors (Lipinski definition) is 5. The van der Waals surface area contributed by atoms with Gasteiger partial charge < -0.3 is 15.0 Å². The van der Waals surface area contributed by atoms with E-state index >= 15 is 0 Å². The van der Waals surface area contributed by atoms with Gasteiger partial charge in [0.25, 0.3) is 0 Å². The minimum atomic E-state index is -3.76. The van der Waals surface area contributed by atoms with Gasteiger partial charge in [0.2, 0.25) is 21.8 Å². The van der Waals surface area contributed by atoms with E-state index in [-0.39, 0.29) is 31.4 Å². The van der Waals surface area contributed by atoms with Crippen molar-refractivity contribution < 1.29 is 22.7 Å². The van der Waals surface area contributed by atoms with Gasteiger partial charge in [-0.15, -0.1) is 0 Å². The zero-order valence-corrected chi connectivity index (χ0v) is 12.8. The molecule has 1 fully saturated rings. The van der Waals surface area contributed by atoms with Crippen LogP contribution in [-0.4, -0.2) is 45.7 Å². The molecule has 1 aliphatic rings.